The number of ether oxygens (including phenoxy) is 1. The normalized spacial score (nSPS) is 24.8. The average Bonchev–Trinajstić information content (AvgIpc) is 2.21. The maximum atomic E-state index is 5.99. The van der Waals surface area contributed by atoms with Gasteiger partial charge in [0.1, 0.15) is 6.10 Å². The molecule has 0 saturated heterocycles. The molecule has 1 rings (SSSR count). The predicted molar refractivity (Wildman–Crippen MR) is 68.3 cm³/mol. The second-order valence-electron chi connectivity index (χ2n) is 4.78. The van der Waals surface area contributed by atoms with Crippen LogP contribution in [0.3, 0.4) is 0 Å². The van der Waals surface area contributed by atoms with Crippen LogP contribution in [0.4, 0.5) is 0 Å². The van der Waals surface area contributed by atoms with Gasteiger partial charge in [0.25, 0.3) is 0 Å². The van der Waals surface area contributed by atoms with Crippen LogP contribution in [0.2, 0.25) is 0 Å². The van der Waals surface area contributed by atoms with Crippen LogP contribution in [0.15, 0.2) is 0 Å². The molecule has 1 N–H and O–H groups in total. The van der Waals surface area contributed by atoms with E-state index in [9.17, 15) is 0 Å². The zero-order chi connectivity index (χ0) is 11.8. The van der Waals surface area contributed by atoms with E-state index in [1.165, 1.54) is 19.3 Å². The van der Waals surface area contributed by atoms with Crippen molar-refractivity contribution in [3.8, 4) is 11.8 Å². The molecule has 0 aromatic carbocycles. The minimum atomic E-state index is 0.166. The summed E-state index contributed by atoms with van der Waals surface area (Å²) in [7, 11) is 1.99. The van der Waals surface area contributed by atoms with Crippen LogP contribution in [0, 0.1) is 11.8 Å². The Balaban J connectivity index is 2.33. The van der Waals surface area contributed by atoms with E-state index in [-0.39, 0.29) is 6.10 Å². The summed E-state index contributed by atoms with van der Waals surface area (Å²) >= 11 is 0. The molecule has 1 aliphatic rings. The third-order valence-electron chi connectivity index (χ3n) is 3.11. The van der Waals surface area contributed by atoms with E-state index in [4.69, 9.17) is 4.74 Å². The lowest BCUT2D eigenvalue weighted by Gasteiger charge is -2.21. The zero-order valence-corrected chi connectivity index (χ0v) is 10.9. The fourth-order valence-corrected chi connectivity index (χ4v) is 2.03. The number of rotatable bonds is 5. The maximum Gasteiger partial charge on any atom is 0.118 e. The Labute approximate surface area is 100 Å². The molecule has 2 nitrogen and oxygen atoms in total. The lowest BCUT2D eigenvalue weighted by molar-refractivity contribution is 0.0151. The van der Waals surface area contributed by atoms with Crippen molar-refractivity contribution >= 4 is 0 Å². The third kappa shape index (κ3) is 5.53. The molecule has 0 aromatic rings. The molecule has 92 valence electrons. The van der Waals surface area contributed by atoms with Gasteiger partial charge < -0.3 is 10.1 Å². The monoisotopic (exact) mass is 223 g/mol. The first-order valence-electron chi connectivity index (χ1n) is 6.53. The zero-order valence-electron chi connectivity index (χ0n) is 10.9. The van der Waals surface area contributed by atoms with E-state index in [2.05, 4.69) is 31.0 Å². The van der Waals surface area contributed by atoms with E-state index < -0.39 is 0 Å². The van der Waals surface area contributed by atoms with Crippen LogP contribution in [-0.2, 0) is 4.74 Å². The Kier molecular flexibility index (Phi) is 6.52. The Bertz CT molecular complexity index is 241. The van der Waals surface area contributed by atoms with E-state index in [1.54, 1.807) is 0 Å². The largest absolute Gasteiger partial charge is 0.363 e. The van der Waals surface area contributed by atoms with Gasteiger partial charge in [-0.3, -0.25) is 0 Å². The molecule has 0 aliphatic heterocycles. The molecular formula is C14H25NO. The first-order valence-corrected chi connectivity index (χ1v) is 6.53. The van der Waals surface area contributed by atoms with Gasteiger partial charge in [0.2, 0.25) is 0 Å². The minimum Gasteiger partial charge on any atom is -0.363 e. The Morgan fingerprint density at radius 1 is 1.31 bits per heavy atom. The van der Waals surface area contributed by atoms with Crippen LogP contribution in [0.25, 0.3) is 0 Å². The molecule has 1 aliphatic carbocycles. The van der Waals surface area contributed by atoms with Gasteiger partial charge in [-0.05, 0) is 46.6 Å². The highest BCUT2D eigenvalue weighted by Crippen LogP contribution is 2.14. The second kappa shape index (κ2) is 7.70. The molecule has 0 spiro atoms. The van der Waals surface area contributed by atoms with Gasteiger partial charge in [-0.25, -0.2) is 0 Å². The van der Waals surface area contributed by atoms with Crippen molar-refractivity contribution in [2.75, 3.05) is 7.05 Å². The van der Waals surface area contributed by atoms with Crippen LogP contribution in [-0.4, -0.2) is 25.3 Å². The summed E-state index contributed by atoms with van der Waals surface area (Å²) in [6.45, 7) is 4.33. The molecule has 0 amide bonds. The van der Waals surface area contributed by atoms with Gasteiger partial charge in [-0.1, -0.05) is 12.3 Å². The van der Waals surface area contributed by atoms with Crippen molar-refractivity contribution in [3.63, 3.8) is 0 Å². The molecule has 0 heterocycles. The molecular weight excluding hydrogens is 198 g/mol. The summed E-state index contributed by atoms with van der Waals surface area (Å²) in [5.41, 5.74) is 0. The molecule has 3 atom stereocenters. The number of hydrogen-bond acceptors (Lipinski definition) is 2. The molecule has 0 radical (unpaired) electrons. The lowest BCUT2D eigenvalue weighted by atomic mass is 10.1. The van der Waals surface area contributed by atoms with E-state index >= 15 is 0 Å². The average molecular weight is 223 g/mol. The topological polar surface area (TPSA) is 21.3 Å². The summed E-state index contributed by atoms with van der Waals surface area (Å²) in [6.07, 6.45) is 7.47. The summed E-state index contributed by atoms with van der Waals surface area (Å²) in [4.78, 5) is 0. The molecule has 0 saturated carbocycles. The minimum absolute atomic E-state index is 0.166. The first-order chi connectivity index (χ1) is 7.72. The quantitative estimate of drug-likeness (QED) is 0.724. The fraction of sp³-hybridized carbons (Fsp3) is 0.857. The second-order valence-corrected chi connectivity index (χ2v) is 4.78. The van der Waals surface area contributed by atoms with Gasteiger partial charge in [-0.2, -0.15) is 0 Å². The summed E-state index contributed by atoms with van der Waals surface area (Å²) in [5.74, 6) is 6.47. The van der Waals surface area contributed by atoms with Crippen LogP contribution in [0.1, 0.15) is 52.4 Å². The van der Waals surface area contributed by atoms with Crippen molar-refractivity contribution in [2.24, 2.45) is 0 Å². The summed E-state index contributed by atoms with van der Waals surface area (Å²) in [5, 5.41) is 3.24. The highest BCUT2D eigenvalue weighted by molar-refractivity contribution is 5.06. The Morgan fingerprint density at radius 3 is 2.88 bits per heavy atom. The van der Waals surface area contributed by atoms with Crippen LogP contribution < -0.4 is 5.32 Å². The molecule has 0 aromatic heterocycles. The van der Waals surface area contributed by atoms with Gasteiger partial charge in [0.15, 0.2) is 0 Å². The smallest absolute Gasteiger partial charge is 0.118 e. The van der Waals surface area contributed by atoms with E-state index in [0.29, 0.717) is 12.1 Å². The molecule has 0 fully saturated rings. The van der Waals surface area contributed by atoms with Crippen LogP contribution in [0.5, 0.6) is 0 Å². The molecule has 16 heavy (non-hydrogen) atoms. The lowest BCUT2D eigenvalue weighted by Crippen LogP contribution is -2.29. The Hall–Kier alpha value is -0.520. The van der Waals surface area contributed by atoms with E-state index in [1.807, 2.05) is 7.05 Å². The highest BCUT2D eigenvalue weighted by Gasteiger charge is 2.13. The molecule has 3 unspecified atom stereocenters. The van der Waals surface area contributed by atoms with Crippen molar-refractivity contribution < 1.29 is 4.74 Å². The van der Waals surface area contributed by atoms with Gasteiger partial charge in [0.05, 0.1) is 6.10 Å². The van der Waals surface area contributed by atoms with Gasteiger partial charge in [-0.15, -0.1) is 5.92 Å². The van der Waals surface area contributed by atoms with Crippen molar-refractivity contribution in [3.05, 3.63) is 0 Å². The number of nitrogens with one attached hydrogen (secondary N) is 1. The molecule has 2 heteroatoms. The fourth-order valence-electron chi connectivity index (χ4n) is 2.03. The first kappa shape index (κ1) is 13.5. The highest BCUT2D eigenvalue weighted by atomic mass is 16.5. The van der Waals surface area contributed by atoms with Gasteiger partial charge >= 0.3 is 0 Å². The SMILES string of the molecule is CNC(C)CC(C)OC1C#CCCCCC1. The van der Waals surface area contributed by atoms with Gasteiger partial charge in [0, 0.05) is 12.5 Å². The standard InChI is InChI=1S/C14H25NO/c1-12(15-3)11-13(2)16-14-9-7-5-4-6-8-10-14/h12-15H,4-7,9,11H2,1-3H3. The van der Waals surface area contributed by atoms with Crippen molar-refractivity contribution in [1.82, 2.24) is 5.32 Å². The summed E-state index contributed by atoms with van der Waals surface area (Å²) in [6, 6.07) is 0.511. The third-order valence-corrected chi connectivity index (χ3v) is 3.11. The van der Waals surface area contributed by atoms with Crippen LogP contribution >= 0.6 is 0 Å². The predicted octanol–water partition coefficient (Wildman–Crippen LogP) is 2.73. The summed E-state index contributed by atoms with van der Waals surface area (Å²) < 4.78 is 5.99. The maximum absolute atomic E-state index is 5.99. The van der Waals surface area contributed by atoms with Crippen molar-refractivity contribution in [2.45, 2.75) is 70.6 Å². The number of hydrogen-bond donors (Lipinski definition) is 1. The van der Waals surface area contributed by atoms with Crippen molar-refractivity contribution in [1.29, 1.82) is 0 Å². The Morgan fingerprint density at radius 2 is 2.12 bits per heavy atom. The molecule has 0 bridgehead atoms. The van der Waals surface area contributed by atoms with E-state index in [0.717, 1.165) is 19.3 Å².